The summed E-state index contributed by atoms with van der Waals surface area (Å²) in [6.07, 6.45) is 0. The highest BCUT2D eigenvalue weighted by Gasteiger charge is 2.23. The summed E-state index contributed by atoms with van der Waals surface area (Å²) >= 11 is 12.2. The van der Waals surface area contributed by atoms with Crippen LogP contribution in [0.25, 0.3) is 0 Å². The summed E-state index contributed by atoms with van der Waals surface area (Å²) in [6, 6.07) is 13.2. The first-order valence-corrected chi connectivity index (χ1v) is 9.29. The number of anilines is 2. The van der Waals surface area contributed by atoms with Crippen molar-refractivity contribution in [2.24, 2.45) is 0 Å². The number of carbonyl (C=O) groups excluding carboxylic acids is 1. The Morgan fingerprint density at radius 3 is 2.31 bits per heavy atom. The molecule has 1 saturated heterocycles. The molecule has 2 aromatic carbocycles. The molecule has 1 aliphatic heterocycles. The fraction of sp³-hybridized carbons (Fsp3) is 0.316. The van der Waals surface area contributed by atoms with Crippen LogP contribution in [0.5, 0.6) is 5.75 Å². The number of carbonyl (C=O) groups is 1. The van der Waals surface area contributed by atoms with Gasteiger partial charge in [0, 0.05) is 5.69 Å². The minimum Gasteiger partial charge on any atom is -0.497 e. The van der Waals surface area contributed by atoms with Crippen LogP contribution in [0, 0.1) is 0 Å². The first-order chi connectivity index (χ1) is 12.6. The van der Waals surface area contributed by atoms with Crippen molar-refractivity contribution < 1.29 is 14.4 Å². The molecular formula is C19H22Cl2N3O2+. The van der Waals surface area contributed by atoms with Gasteiger partial charge in [0.25, 0.3) is 5.91 Å². The lowest BCUT2D eigenvalue weighted by atomic mass is 10.2. The van der Waals surface area contributed by atoms with E-state index < -0.39 is 0 Å². The number of nitrogens with zero attached hydrogens (tertiary/aromatic N) is 1. The van der Waals surface area contributed by atoms with Crippen molar-refractivity contribution >= 4 is 40.5 Å². The number of hydrogen-bond acceptors (Lipinski definition) is 3. The molecule has 0 saturated carbocycles. The van der Waals surface area contributed by atoms with Crippen molar-refractivity contribution in [3.63, 3.8) is 0 Å². The Balaban J connectivity index is 1.51. The highest BCUT2D eigenvalue weighted by molar-refractivity contribution is 6.39. The number of ether oxygens (including phenoxy) is 1. The van der Waals surface area contributed by atoms with E-state index in [1.807, 2.05) is 12.1 Å². The van der Waals surface area contributed by atoms with Gasteiger partial charge in [-0.1, -0.05) is 29.3 Å². The number of rotatable bonds is 5. The molecule has 2 N–H and O–H groups in total. The highest BCUT2D eigenvalue weighted by atomic mass is 35.5. The van der Waals surface area contributed by atoms with Crippen LogP contribution in [0.4, 0.5) is 11.4 Å². The Labute approximate surface area is 163 Å². The molecule has 1 aliphatic rings. The normalized spacial score (nSPS) is 15.0. The summed E-state index contributed by atoms with van der Waals surface area (Å²) in [6.45, 7) is 4.01. The van der Waals surface area contributed by atoms with Crippen molar-refractivity contribution in [1.82, 2.24) is 0 Å². The number of benzene rings is 2. The third-order valence-electron chi connectivity index (χ3n) is 4.55. The maximum atomic E-state index is 12.3. The molecule has 0 unspecified atom stereocenters. The maximum Gasteiger partial charge on any atom is 0.279 e. The van der Waals surface area contributed by atoms with Gasteiger partial charge in [0.2, 0.25) is 0 Å². The largest absolute Gasteiger partial charge is 0.497 e. The molecule has 1 heterocycles. The predicted octanol–water partition coefficient (Wildman–Crippen LogP) is 2.35. The average molecular weight is 395 g/mol. The van der Waals surface area contributed by atoms with Gasteiger partial charge in [-0.15, -0.1) is 0 Å². The van der Waals surface area contributed by atoms with Gasteiger partial charge in [-0.05, 0) is 36.4 Å². The summed E-state index contributed by atoms with van der Waals surface area (Å²) in [5.74, 6) is 0.779. The van der Waals surface area contributed by atoms with Crippen molar-refractivity contribution in [2.75, 3.05) is 50.1 Å². The third kappa shape index (κ3) is 4.61. The summed E-state index contributed by atoms with van der Waals surface area (Å²) < 4.78 is 5.20. The Kier molecular flexibility index (Phi) is 6.25. The number of amides is 1. The minimum absolute atomic E-state index is 0.0760. The second kappa shape index (κ2) is 8.62. The zero-order chi connectivity index (χ0) is 18.5. The zero-order valence-corrected chi connectivity index (χ0v) is 16.1. The number of piperazine rings is 1. The first-order valence-electron chi connectivity index (χ1n) is 8.53. The number of nitrogens with one attached hydrogen (secondary N) is 2. The van der Waals surface area contributed by atoms with Crippen LogP contribution in [0.2, 0.25) is 10.0 Å². The lowest BCUT2D eigenvalue weighted by Crippen LogP contribution is -3.15. The second-order valence-corrected chi connectivity index (χ2v) is 7.07. The van der Waals surface area contributed by atoms with Crippen LogP contribution in [0.1, 0.15) is 0 Å². The molecule has 0 aliphatic carbocycles. The Hall–Kier alpha value is -1.95. The van der Waals surface area contributed by atoms with Gasteiger partial charge in [-0.3, -0.25) is 4.79 Å². The molecule has 0 atom stereocenters. The maximum absolute atomic E-state index is 12.3. The Morgan fingerprint density at radius 1 is 1.12 bits per heavy atom. The fourth-order valence-electron chi connectivity index (χ4n) is 3.08. The van der Waals surface area contributed by atoms with E-state index in [2.05, 4.69) is 22.3 Å². The van der Waals surface area contributed by atoms with E-state index in [1.165, 1.54) is 10.6 Å². The van der Waals surface area contributed by atoms with E-state index >= 15 is 0 Å². The molecule has 0 aromatic heterocycles. The number of quaternary nitrogens is 1. The monoisotopic (exact) mass is 394 g/mol. The first kappa shape index (κ1) is 18.8. The lowest BCUT2D eigenvalue weighted by Gasteiger charge is -2.33. The van der Waals surface area contributed by atoms with Crippen LogP contribution < -0.4 is 19.9 Å². The third-order valence-corrected chi connectivity index (χ3v) is 5.18. The van der Waals surface area contributed by atoms with Gasteiger partial charge >= 0.3 is 0 Å². The average Bonchev–Trinajstić information content (AvgIpc) is 2.66. The van der Waals surface area contributed by atoms with Crippen LogP contribution >= 0.6 is 23.2 Å². The van der Waals surface area contributed by atoms with Crippen molar-refractivity contribution in [2.45, 2.75) is 0 Å². The molecule has 3 rings (SSSR count). The van der Waals surface area contributed by atoms with Gasteiger partial charge < -0.3 is 19.9 Å². The van der Waals surface area contributed by atoms with Crippen LogP contribution in [0.15, 0.2) is 42.5 Å². The number of halogens is 2. The quantitative estimate of drug-likeness (QED) is 0.817. The van der Waals surface area contributed by atoms with Crippen molar-refractivity contribution in [3.05, 3.63) is 52.5 Å². The van der Waals surface area contributed by atoms with Crippen LogP contribution in [0.3, 0.4) is 0 Å². The van der Waals surface area contributed by atoms with Gasteiger partial charge in [-0.25, -0.2) is 0 Å². The molecule has 0 spiro atoms. The van der Waals surface area contributed by atoms with Crippen molar-refractivity contribution in [3.8, 4) is 5.75 Å². The van der Waals surface area contributed by atoms with E-state index in [0.717, 1.165) is 31.9 Å². The predicted molar refractivity (Wildman–Crippen MR) is 106 cm³/mol. The summed E-state index contributed by atoms with van der Waals surface area (Å²) in [5, 5.41) is 3.73. The van der Waals surface area contributed by atoms with E-state index in [-0.39, 0.29) is 5.91 Å². The fourth-order valence-corrected chi connectivity index (χ4v) is 3.57. The Bertz CT molecular complexity index is 740. The summed E-state index contributed by atoms with van der Waals surface area (Å²) in [5.41, 5.74) is 1.66. The Morgan fingerprint density at radius 2 is 1.73 bits per heavy atom. The SMILES string of the molecule is COc1ccc(N2CC[NH+](CC(=O)Nc3c(Cl)cccc3Cl)CC2)cc1. The van der Waals surface area contributed by atoms with E-state index in [0.29, 0.717) is 22.3 Å². The number of methoxy groups -OCH3 is 1. The molecule has 5 nitrogen and oxygen atoms in total. The summed E-state index contributed by atoms with van der Waals surface area (Å²) in [7, 11) is 1.66. The second-order valence-electron chi connectivity index (χ2n) is 6.26. The molecule has 0 bridgehead atoms. The van der Waals surface area contributed by atoms with Crippen LogP contribution in [-0.2, 0) is 4.79 Å². The van der Waals surface area contributed by atoms with Gasteiger partial charge in [0.15, 0.2) is 6.54 Å². The topological polar surface area (TPSA) is 46.0 Å². The molecule has 1 fully saturated rings. The number of hydrogen-bond donors (Lipinski definition) is 2. The zero-order valence-electron chi connectivity index (χ0n) is 14.6. The van der Waals surface area contributed by atoms with Crippen LogP contribution in [-0.4, -0.2) is 45.7 Å². The highest BCUT2D eigenvalue weighted by Crippen LogP contribution is 2.29. The van der Waals surface area contributed by atoms with E-state index in [9.17, 15) is 4.79 Å². The minimum atomic E-state index is -0.0760. The van der Waals surface area contributed by atoms with Crippen molar-refractivity contribution in [1.29, 1.82) is 0 Å². The smallest absolute Gasteiger partial charge is 0.279 e. The molecule has 26 heavy (non-hydrogen) atoms. The summed E-state index contributed by atoms with van der Waals surface area (Å²) in [4.78, 5) is 15.9. The van der Waals surface area contributed by atoms with Gasteiger partial charge in [0.05, 0.1) is 49.0 Å². The standard InChI is InChI=1S/C19H21Cl2N3O2/c1-26-15-7-5-14(6-8-15)24-11-9-23(10-12-24)13-18(25)22-19-16(20)3-2-4-17(19)21/h2-8H,9-13H2,1H3,(H,22,25)/p+1. The van der Waals surface area contributed by atoms with E-state index in [4.69, 9.17) is 27.9 Å². The molecule has 138 valence electrons. The molecule has 1 amide bonds. The van der Waals surface area contributed by atoms with Gasteiger partial charge in [0.1, 0.15) is 5.75 Å². The number of para-hydroxylation sites is 1. The molecule has 0 radical (unpaired) electrons. The molecular weight excluding hydrogens is 373 g/mol. The molecule has 7 heteroatoms. The van der Waals surface area contributed by atoms with E-state index in [1.54, 1.807) is 25.3 Å². The lowest BCUT2D eigenvalue weighted by molar-refractivity contribution is -0.892. The van der Waals surface area contributed by atoms with Gasteiger partial charge in [-0.2, -0.15) is 0 Å². The molecule has 2 aromatic rings.